The second kappa shape index (κ2) is 10.4. The van der Waals surface area contributed by atoms with Crippen LogP contribution in [0.25, 0.3) is 21.3 Å². The van der Waals surface area contributed by atoms with Crippen molar-refractivity contribution in [1.82, 2.24) is 24.7 Å². The number of aromatic nitrogens is 2. The Morgan fingerprint density at radius 3 is 2.62 bits per heavy atom. The van der Waals surface area contributed by atoms with Gasteiger partial charge in [-0.3, -0.25) is 14.2 Å². The highest BCUT2D eigenvalue weighted by atomic mass is 32.1. The van der Waals surface area contributed by atoms with Crippen molar-refractivity contribution in [3.05, 3.63) is 51.9 Å². The number of aryl methyl sites for hydroxylation is 2. The van der Waals surface area contributed by atoms with E-state index in [9.17, 15) is 9.59 Å². The molecule has 0 atom stereocenters. The maximum Gasteiger partial charge on any atom is 0.262 e. The number of nitrogens with zero attached hydrogens (tertiary/aromatic N) is 4. The molecule has 0 saturated carbocycles. The third kappa shape index (κ3) is 5.43. The molecule has 3 heterocycles. The summed E-state index contributed by atoms with van der Waals surface area (Å²) >= 11 is 1.48. The molecule has 2 aromatic heterocycles. The Balaban J connectivity index is 1.31. The van der Waals surface area contributed by atoms with Crippen LogP contribution in [0.5, 0.6) is 0 Å². The van der Waals surface area contributed by atoms with E-state index in [4.69, 9.17) is 0 Å². The Hall–Kier alpha value is -2.55. The fourth-order valence-corrected chi connectivity index (χ4v) is 4.89. The van der Waals surface area contributed by atoms with Crippen molar-refractivity contribution >= 4 is 27.5 Å². The molecule has 32 heavy (non-hydrogen) atoms. The molecular formula is C24H31N5O2S. The molecule has 1 amide bonds. The predicted octanol–water partition coefficient (Wildman–Crippen LogP) is 2.58. The lowest BCUT2D eigenvalue weighted by Crippen LogP contribution is -2.45. The number of hydrogen-bond donors (Lipinski definition) is 1. The molecule has 0 radical (unpaired) electrons. The molecule has 0 unspecified atom stereocenters. The number of hydrogen-bond acceptors (Lipinski definition) is 6. The normalized spacial score (nSPS) is 15.3. The van der Waals surface area contributed by atoms with Gasteiger partial charge in [-0.05, 0) is 32.5 Å². The first-order valence-electron chi connectivity index (χ1n) is 11.2. The van der Waals surface area contributed by atoms with Crippen molar-refractivity contribution in [1.29, 1.82) is 0 Å². The van der Waals surface area contributed by atoms with Gasteiger partial charge >= 0.3 is 0 Å². The second-order valence-electron chi connectivity index (χ2n) is 8.54. The average Bonchev–Trinajstić information content (AvgIpc) is 3.23. The zero-order valence-corrected chi connectivity index (χ0v) is 19.7. The molecule has 1 aliphatic rings. The molecule has 1 saturated heterocycles. The highest BCUT2D eigenvalue weighted by molar-refractivity contribution is 7.17. The average molecular weight is 454 g/mol. The summed E-state index contributed by atoms with van der Waals surface area (Å²) in [4.78, 5) is 35.4. The van der Waals surface area contributed by atoms with E-state index in [1.807, 2.05) is 36.6 Å². The van der Waals surface area contributed by atoms with Crippen LogP contribution >= 0.6 is 11.3 Å². The Bertz CT molecular complexity index is 1110. The van der Waals surface area contributed by atoms with E-state index >= 15 is 0 Å². The van der Waals surface area contributed by atoms with Gasteiger partial charge in [0, 0.05) is 56.6 Å². The Morgan fingerprint density at radius 2 is 1.88 bits per heavy atom. The smallest absolute Gasteiger partial charge is 0.262 e. The minimum atomic E-state index is -0.0882. The van der Waals surface area contributed by atoms with Crippen LogP contribution in [-0.2, 0) is 11.3 Å². The first kappa shape index (κ1) is 22.6. The first-order chi connectivity index (χ1) is 15.5. The van der Waals surface area contributed by atoms with E-state index in [1.54, 1.807) is 10.9 Å². The number of carbonyl (C=O) groups is 1. The van der Waals surface area contributed by atoms with Crippen LogP contribution in [0.15, 0.2) is 40.8 Å². The molecule has 1 N–H and O–H groups in total. The standard InChI is InChI=1S/C24H31N5O2S/c1-18-4-6-19(7-5-18)20-16-32-23-22(20)24(31)29(17-26-23)11-8-21(30)25-9-3-10-28-14-12-27(2)13-15-28/h4-7,16-17H,3,8-15H2,1-2H3,(H,25,30). The van der Waals surface area contributed by atoms with Gasteiger partial charge in [0.15, 0.2) is 0 Å². The lowest BCUT2D eigenvalue weighted by atomic mass is 10.1. The van der Waals surface area contributed by atoms with Crippen LogP contribution in [0, 0.1) is 6.92 Å². The number of rotatable bonds is 8. The van der Waals surface area contributed by atoms with Crippen molar-refractivity contribution in [3.8, 4) is 11.1 Å². The zero-order valence-electron chi connectivity index (χ0n) is 18.8. The zero-order chi connectivity index (χ0) is 22.5. The molecule has 1 aromatic carbocycles. The van der Waals surface area contributed by atoms with Gasteiger partial charge in [-0.15, -0.1) is 11.3 Å². The van der Waals surface area contributed by atoms with Gasteiger partial charge in [-0.1, -0.05) is 29.8 Å². The first-order valence-corrected chi connectivity index (χ1v) is 12.1. The van der Waals surface area contributed by atoms with Crippen molar-refractivity contribution in [2.45, 2.75) is 26.3 Å². The molecule has 7 nitrogen and oxygen atoms in total. The highest BCUT2D eigenvalue weighted by Crippen LogP contribution is 2.30. The molecule has 4 rings (SSSR count). The van der Waals surface area contributed by atoms with E-state index in [1.165, 1.54) is 16.9 Å². The molecule has 0 aliphatic carbocycles. The second-order valence-corrected chi connectivity index (χ2v) is 9.40. The van der Waals surface area contributed by atoms with E-state index in [-0.39, 0.29) is 17.9 Å². The predicted molar refractivity (Wildman–Crippen MR) is 130 cm³/mol. The van der Waals surface area contributed by atoms with E-state index in [2.05, 4.69) is 27.1 Å². The lowest BCUT2D eigenvalue weighted by Gasteiger charge is -2.32. The number of likely N-dealkylation sites (N-methyl/N-ethyl adjacent to an activating group) is 1. The van der Waals surface area contributed by atoms with Gasteiger partial charge < -0.3 is 15.1 Å². The molecule has 1 aliphatic heterocycles. The van der Waals surface area contributed by atoms with Gasteiger partial charge in [0.05, 0.1) is 11.7 Å². The number of nitrogens with one attached hydrogen (secondary N) is 1. The number of benzene rings is 1. The molecule has 1 fully saturated rings. The van der Waals surface area contributed by atoms with Crippen molar-refractivity contribution in [2.24, 2.45) is 0 Å². The van der Waals surface area contributed by atoms with Crippen molar-refractivity contribution in [2.75, 3.05) is 46.3 Å². The summed E-state index contributed by atoms with van der Waals surface area (Å²) in [5.74, 6) is -0.0283. The Labute approximate surface area is 192 Å². The van der Waals surface area contributed by atoms with Crippen LogP contribution in [0.1, 0.15) is 18.4 Å². The fraction of sp³-hybridized carbons (Fsp3) is 0.458. The molecule has 170 valence electrons. The summed E-state index contributed by atoms with van der Waals surface area (Å²) in [6.45, 7) is 8.45. The van der Waals surface area contributed by atoms with Crippen LogP contribution in [0.2, 0.25) is 0 Å². The maximum atomic E-state index is 13.1. The van der Waals surface area contributed by atoms with E-state index < -0.39 is 0 Å². The van der Waals surface area contributed by atoms with Crippen LogP contribution in [0.4, 0.5) is 0 Å². The number of thiophene rings is 1. The topological polar surface area (TPSA) is 70.5 Å². The largest absolute Gasteiger partial charge is 0.356 e. The van der Waals surface area contributed by atoms with Gasteiger partial charge in [0.25, 0.3) is 5.56 Å². The summed E-state index contributed by atoms with van der Waals surface area (Å²) in [5, 5.41) is 5.61. The summed E-state index contributed by atoms with van der Waals surface area (Å²) in [6, 6.07) is 8.15. The molecule has 8 heteroatoms. The SMILES string of the molecule is Cc1ccc(-c2csc3ncn(CCC(=O)NCCCN4CCN(C)CC4)c(=O)c23)cc1. The Morgan fingerprint density at radius 1 is 1.12 bits per heavy atom. The van der Waals surface area contributed by atoms with E-state index in [0.717, 1.165) is 55.1 Å². The van der Waals surface area contributed by atoms with E-state index in [0.29, 0.717) is 18.5 Å². The minimum absolute atomic E-state index is 0.0283. The van der Waals surface area contributed by atoms with Gasteiger partial charge in [0.2, 0.25) is 5.91 Å². The Kier molecular flexibility index (Phi) is 7.34. The summed E-state index contributed by atoms with van der Waals surface area (Å²) < 4.78 is 1.55. The van der Waals surface area contributed by atoms with Crippen LogP contribution in [-0.4, -0.2) is 71.6 Å². The van der Waals surface area contributed by atoms with Gasteiger partial charge in [-0.2, -0.15) is 0 Å². The lowest BCUT2D eigenvalue weighted by molar-refractivity contribution is -0.121. The number of amides is 1. The number of fused-ring (bicyclic) bond motifs is 1. The van der Waals surface area contributed by atoms with Crippen LogP contribution in [0.3, 0.4) is 0 Å². The summed E-state index contributed by atoms with van der Waals surface area (Å²) in [5.41, 5.74) is 3.01. The van der Waals surface area contributed by atoms with Crippen molar-refractivity contribution in [3.63, 3.8) is 0 Å². The molecule has 3 aromatic rings. The third-order valence-electron chi connectivity index (χ3n) is 6.07. The quantitative estimate of drug-likeness (QED) is 0.531. The van der Waals surface area contributed by atoms with Crippen LogP contribution < -0.4 is 10.9 Å². The van der Waals surface area contributed by atoms with Gasteiger partial charge in [0.1, 0.15) is 4.83 Å². The molecule has 0 spiro atoms. The molecule has 0 bridgehead atoms. The minimum Gasteiger partial charge on any atom is -0.356 e. The number of piperazine rings is 1. The maximum absolute atomic E-state index is 13.1. The van der Waals surface area contributed by atoms with Gasteiger partial charge in [-0.25, -0.2) is 4.98 Å². The third-order valence-corrected chi connectivity index (χ3v) is 6.96. The van der Waals surface area contributed by atoms with Crippen molar-refractivity contribution < 1.29 is 4.79 Å². The summed E-state index contributed by atoms with van der Waals surface area (Å²) in [7, 11) is 2.15. The monoisotopic (exact) mass is 453 g/mol. The number of carbonyl (C=O) groups excluding carboxylic acids is 1. The summed E-state index contributed by atoms with van der Waals surface area (Å²) in [6.07, 6.45) is 2.77. The molecular weight excluding hydrogens is 422 g/mol. The fourth-order valence-electron chi connectivity index (χ4n) is 3.98. The highest BCUT2D eigenvalue weighted by Gasteiger charge is 2.15.